The molecular weight excluding hydrogens is 412 g/mol. The fourth-order valence-electron chi connectivity index (χ4n) is 2.89. The van der Waals surface area contributed by atoms with E-state index < -0.39 is 30.1 Å². The van der Waals surface area contributed by atoms with Crippen LogP contribution in [0.15, 0.2) is 39.0 Å². The van der Waals surface area contributed by atoms with Crippen molar-refractivity contribution >= 4 is 22.9 Å². The van der Waals surface area contributed by atoms with E-state index in [2.05, 4.69) is 9.97 Å². The van der Waals surface area contributed by atoms with Crippen LogP contribution in [-0.4, -0.2) is 65.6 Å². The maximum absolute atomic E-state index is 12.4. The number of H-pyrrole nitrogens is 1. The third kappa shape index (κ3) is 4.75. The molecule has 0 aliphatic rings. The standard InChI is InChI=1S/C19H24N4O6S/c1-11-5-3-4-6-14(11)29-9-12(25)7-23-15-16(22(2)18(28)21-17(15)27)20-19(23)30-10-13(26)8-24/h3-6,12-13,24-26H,7-10H2,1-2H3,(H,21,27,28)/t12-,13+/m1/s1. The van der Waals surface area contributed by atoms with Crippen molar-refractivity contribution in [3.05, 3.63) is 50.7 Å². The van der Waals surface area contributed by atoms with Gasteiger partial charge in [-0.1, -0.05) is 30.0 Å². The van der Waals surface area contributed by atoms with E-state index in [-0.39, 0.29) is 30.1 Å². The van der Waals surface area contributed by atoms with E-state index in [0.717, 1.165) is 17.3 Å². The minimum atomic E-state index is -0.973. The topological polar surface area (TPSA) is 143 Å². The van der Waals surface area contributed by atoms with Gasteiger partial charge in [0.25, 0.3) is 5.56 Å². The average Bonchev–Trinajstić information content (AvgIpc) is 3.08. The van der Waals surface area contributed by atoms with Gasteiger partial charge in [0.1, 0.15) is 18.5 Å². The summed E-state index contributed by atoms with van der Waals surface area (Å²) in [6.07, 6.45) is -1.94. The number of hydrogen-bond donors (Lipinski definition) is 4. The Morgan fingerprint density at radius 1 is 1.23 bits per heavy atom. The Hall–Kier alpha value is -2.60. The molecular formula is C19H24N4O6S. The minimum absolute atomic E-state index is 0.0127. The number of aromatic amines is 1. The lowest BCUT2D eigenvalue weighted by atomic mass is 10.2. The van der Waals surface area contributed by atoms with E-state index >= 15 is 0 Å². The van der Waals surface area contributed by atoms with E-state index in [1.165, 1.54) is 16.2 Å². The summed E-state index contributed by atoms with van der Waals surface area (Å²) in [5, 5.41) is 29.6. The monoisotopic (exact) mass is 436 g/mol. The summed E-state index contributed by atoms with van der Waals surface area (Å²) in [4.78, 5) is 30.9. The highest BCUT2D eigenvalue weighted by Crippen LogP contribution is 2.23. The molecule has 3 rings (SSSR count). The number of thioether (sulfide) groups is 1. The number of aliphatic hydroxyl groups is 3. The molecule has 10 nitrogen and oxygen atoms in total. The molecule has 3 aromatic rings. The van der Waals surface area contributed by atoms with Crippen LogP contribution in [0.1, 0.15) is 5.56 Å². The molecule has 0 aliphatic heterocycles. The first-order valence-electron chi connectivity index (χ1n) is 9.29. The largest absolute Gasteiger partial charge is 0.491 e. The summed E-state index contributed by atoms with van der Waals surface area (Å²) >= 11 is 1.11. The Morgan fingerprint density at radius 3 is 2.67 bits per heavy atom. The Labute approximate surface area is 175 Å². The third-order valence-corrected chi connectivity index (χ3v) is 5.63. The molecule has 0 saturated heterocycles. The van der Waals surface area contributed by atoms with Gasteiger partial charge < -0.3 is 24.6 Å². The zero-order valence-electron chi connectivity index (χ0n) is 16.6. The summed E-state index contributed by atoms with van der Waals surface area (Å²) in [7, 11) is 1.48. The quantitative estimate of drug-likeness (QED) is 0.333. The van der Waals surface area contributed by atoms with Crippen LogP contribution in [0, 0.1) is 6.92 Å². The lowest BCUT2D eigenvalue weighted by molar-refractivity contribution is 0.0910. The molecule has 1 aromatic carbocycles. The van der Waals surface area contributed by atoms with Crippen molar-refractivity contribution < 1.29 is 20.1 Å². The number of nitrogens with one attached hydrogen (secondary N) is 1. The molecule has 0 radical (unpaired) electrons. The van der Waals surface area contributed by atoms with Gasteiger partial charge in [0.15, 0.2) is 16.3 Å². The number of nitrogens with zero attached hydrogens (tertiary/aromatic N) is 3. The molecule has 0 saturated carbocycles. The normalized spacial score (nSPS) is 13.5. The number of aliphatic hydroxyl groups excluding tert-OH is 3. The number of fused-ring (bicyclic) bond motifs is 1. The second-order valence-electron chi connectivity index (χ2n) is 6.87. The van der Waals surface area contributed by atoms with Crippen molar-refractivity contribution in [2.45, 2.75) is 30.8 Å². The Kier molecular flexibility index (Phi) is 6.98. The van der Waals surface area contributed by atoms with Crippen LogP contribution in [0.2, 0.25) is 0 Å². The number of ether oxygens (including phenoxy) is 1. The van der Waals surface area contributed by atoms with Gasteiger partial charge >= 0.3 is 5.69 Å². The maximum Gasteiger partial charge on any atom is 0.329 e. The molecule has 2 aromatic heterocycles. The van der Waals surface area contributed by atoms with Gasteiger partial charge in [0.05, 0.1) is 19.3 Å². The molecule has 0 spiro atoms. The fraction of sp³-hybridized carbons (Fsp3) is 0.421. The minimum Gasteiger partial charge on any atom is -0.491 e. The average molecular weight is 436 g/mol. The van der Waals surface area contributed by atoms with Gasteiger partial charge in [-0.15, -0.1) is 0 Å². The van der Waals surface area contributed by atoms with Crippen molar-refractivity contribution in [2.24, 2.45) is 7.05 Å². The van der Waals surface area contributed by atoms with E-state index in [9.17, 15) is 19.8 Å². The van der Waals surface area contributed by atoms with Crippen LogP contribution >= 0.6 is 11.8 Å². The van der Waals surface area contributed by atoms with Gasteiger partial charge in [0.2, 0.25) is 0 Å². The molecule has 2 heterocycles. The summed E-state index contributed by atoms with van der Waals surface area (Å²) in [5.41, 5.74) is -0.00189. The van der Waals surface area contributed by atoms with Gasteiger partial charge in [-0.3, -0.25) is 14.3 Å². The van der Waals surface area contributed by atoms with Crippen molar-refractivity contribution in [3.8, 4) is 5.75 Å². The molecule has 0 amide bonds. The number of imidazole rings is 1. The summed E-state index contributed by atoms with van der Waals surface area (Å²) in [6, 6.07) is 7.41. The van der Waals surface area contributed by atoms with Crippen LogP contribution < -0.4 is 16.0 Å². The SMILES string of the molecule is Cc1ccccc1OC[C@H](O)Cn1c(SC[C@@H](O)CO)nc2c1c(=O)[nH]c(=O)n2C. The molecule has 0 bridgehead atoms. The molecule has 2 atom stereocenters. The van der Waals surface area contributed by atoms with Gasteiger partial charge in [-0.25, -0.2) is 9.78 Å². The smallest absolute Gasteiger partial charge is 0.329 e. The molecule has 0 fully saturated rings. The second kappa shape index (κ2) is 9.47. The van der Waals surface area contributed by atoms with E-state index in [1.54, 1.807) is 6.07 Å². The van der Waals surface area contributed by atoms with Crippen LogP contribution in [0.4, 0.5) is 0 Å². The van der Waals surface area contributed by atoms with E-state index in [1.807, 2.05) is 25.1 Å². The lowest BCUT2D eigenvalue weighted by Crippen LogP contribution is -2.30. The highest BCUT2D eigenvalue weighted by molar-refractivity contribution is 7.99. The van der Waals surface area contributed by atoms with Gasteiger partial charge in [0, 0.05) is 12.8 Å². The Morgan fingerprint density at radius 2 is 1.97 bits per heavy atom. The van der Waals surface area contributed by atoms with Gasteiger partial charge in [-0.05, 0) is 18.6 Å². The predicted octanol–water partition coefficient (Wildman–Crippen LogP) is -0.383. The maximum atomic E-state index is 12.4. The Balaban J connectivity index is 1.90. The van der Waals surface area contributed by atoms with Gasteiger partial charge in [-0.2, -0.15) is 0 Å². The highest BCUT2D eigenvalue weighted by atomic mass is 32.2. The number of para-hydroxylation sites is 1. The van der Waals surface area contributed by atoms with Crippen molar-refractivity contribution in [2.75, 3.05) is 19.0 Å². The number of benzene rings is 1. The van der Waals surface area contributed by atoms with Crippen molar-refractivity contribution in [3.63, 3.8) is 0 Å². The first-order valence-corrected chi connectivity index (χ1v) is 10.3. The second-order valence-corrected chi connectivity index (χ2v) is 7.86. The van der Waals surface area contributed by atoms with Crippen molar-refractivity contribution in [1.29, 1.82) is 0 Å². The summed E-state index contributed by atoms with van der Waals surface area (Å²) in [6.45, 7) is 1.45. The molecule has 0 aliphatic carbocycles. The third-order valence-electron chi connectivity index (χ3n) is 4.51. The number of rotatable bonds is 9. The zero-order chi connectivity index (χ0) is 21.8. The zero-order valence-corrected chi connectivity index (χ0v) is 17.4. The number of aromatic nitrogens is 4. The first-order chi connectivity index (χ1) is 14.3. The van der Waals surface area contributed by atoms with Crippen LogP contribution in [0.25, 0.3) is 11.2 Å². The van der Waals surface area contributed by atoms with Crippen LogP contribution in [-0.2, 0) is 13.6 Å². The Bertz CT molecular complexity index is 1140. The van der Waals surface area contributed by atoms with Crippen LogP contribution in [0.5, 0.6) is 5.75 Å². The number of aryl methyl sites for hydroxylation is 2. The summed E-state index contributed by atoms with van der Waals surface area (Å²) < 4.78 is 8.38. The van der Waals surface area contributed by atoms with Crippen LogP contribution in [0.3, 0.4) is 0 Å². The molecule has 162 valence electrons. The van der Waals surface area contributed by atoms with E-state index in [4.69, 9.17) is 9.84 Å². The molecule has 30 heavy (non-hydrogen) atoms. The predicted molar refractivity (Wildman–Crippen MR) is 112 cm³/mol. The van der Waals surface area contributed by atoms with E-state index in [0.29, 0.717) is 10.9 Å². The fourth-order valence-corrected chi connectivity index (χ4v) is 3.80. The number of hydrogen-bond acceptors (Lipinski definition) is 8. The van der Waals surface area contributed by atoms with Crippen molar-refractivity contribution in [1.82, 2.24) is 19.1 Å². The molecule has 11 heteroatoms. The molecule has 0 unspecified atom stereocenters. The summed E-state index contributed by atoms with van der Waals surface area (Å²) in [5.74, 6) is 0.773. The first kappa shape index (κ1) is 22.1. The highest BCUT2D eigenvalue weighted by Gasteiger charge is 2.21. The lowest BCUT2D eigenvalue weighted by Gasteiger charge is -2.16. The molecule has 4 N–H and O–H groups in total.